The van der Waals surface area contributed by atoms with E-state index in [-0.39, 0.29) is 18.1 Å². The maximum absolute atomic E-state index is 12.3. The van der Waals surface area contributed by atoms with Crippen LogP contribution >= 0.6 is 0 Å². The molecule has 1 atom stereocenters. The number of hydrogen-bond acceptors (Lipinski definition) is 7. The van der Waals surface area contributed by atoms with Gasteiger partial charge in [0, 0.05) is 28.7 Å². The molecule has 0 bridgehead atoms. The standard InChI is InChI=1S/C18H16F3N3O4/c1-2-13(22)15-12(14-9-26-17(25)27-14)7-8-23-16(15)24-10-3-5-11(6-4-10)28-18(19,20)21/h3-8,14,22H,2,9H2,1H3,(H,23,24). The van der Waals surface area contributed by atoms with E-state index in [1.165, 1.54) is 18.3 Å². The van der Waals surface area contributed by atoms with E-state index in [2.05, 4.69) is 15.0 Å². The molecule has 1 saturated heterocycles. The third-order valence-corrected chi connectivity index (χ3v) is 3.93. The lowest BCUT2D eigenvalue weighted by Gasteiger charge is -2.18. The summed E-state index contributed by atoms with van der Waals surface area (Å²) in [7, 11) is 0. The van der Waals surface area contributed by atoms with Gasteiger partial charge in [-0.3, -0.25) is 0 Å². The second kappa shape index (κ2) is 7.75. The predicted molar refractivity (Wildman–Crippen MR) is 92.9 cm³/mol. The van der Waals surface area contributed by atoms with Crippen molar-refractivity contribution in [2.75, 3.05) is 11.9 Å². The lowest BCUT2D eigenvalue weighted by Crippen LogP contribution is -2.17. The van der Waals surface area contributed by atoms with Gasteiger partial charge in [-0.05, 0) is 36.8 Å². The summed E-state index contributed by atoms with van der Waals surface area (Å²) in [5, 5.41) is 11.2. The normalized spacial score (nSPS) is 16.3. The molecule has 0 amide bonds. The number of nitrogens with zero attached hydrogens (tertiary/aromatic N) is 1. The number of carbonyl (C=O) groups excluding carboxylic acids is 1. The predicted octanol–water partition coefficient (Wildman–Crippen LogP) is 4.71. The van der Waals surface area contributed by atoms with E-state index < -0.39 is 18.6 Å². The number of anilines is 2. The highest BCUT2D eigenvalue weighted by atomic mass is 19.4. The first-order chi connectivity index (χ1) is 13.3. The Labute approximate surface area is 157 Å². The summed E-state index contributed by atoms with van der Waals surface area (Å²) in [6, 6.07) is 6.76. The van der Waals surface area contributed by atoms with Crippen LogP contribution < -0.4 is 10.1 Å². The molecule has 1 aliphatic rings. The molecule has 0 spiro atoms. The van der Waals surface area contributed by atoms with E-state index >= 15 is 0 Å². The van der Waals surface area contributed by atoms with E-state index in [0.29, 0.717) is 29.1 Å². The van der Waals surface area contributed by atoms with Crippen molar-refractivity contribution in [2.24, 2.45) is 0 Å². The van der Waals surface area contributed by atoms with E-state index in [1.54, 1.807) is 13.0 Å². The van der Waals surface area contributed by atoms with Crippen LogP contribution in [0.2, 0.25) is 0 Å². The molecule has 1 aromatic heterocycles. The third kappa shape index (κ3) is 4.51. The van der Waals surface area contributed by atoms with Crippen molar-refractivity contribution < 1.29 is 32.2 Å². The largest absolute Gasteiger partial charge is 0.573 e. The molecule has 28 heavy (non-hydrogen) atoms. The number of hydrogen-bond donors (Lipinski definition) is 2. The molecule has 10 heteroatoms. The van der Waals surface area contributed by atoms with Crippen molar-refractivity contribution >= 4 is 23.4 Å². The van der Waals surface area contributed by atoms with Crippen molar-refractivity contribution in [2.45, 2.75) is 25.8 Å². The Hall–Kier alpha value is -3.30. The molecule has 148 valence electrons. The van der Waals surface area contributed by atoms with Gasteiger partial charge in [0.25, 0.3) is 0 Å². The number of alkyl halides is 3. The SMILES string of the molecule is CCC(=N)c1c(C2COC(=O)O2)ccnc1Nc1ccc(OC(F)(F)F)cc1. The molecule has 2 aromatic rings. The molecular formula is C18H16F3N3O4. The van der Waals surface area contributed by atoms with Crippen molar-refractivity contribution in [1.29, 1.82) is 5.41 Å². The minimum Gasteiger partial charge on any atom is -0.430 e. The zero-order chi connectivity index (χ0) is 20.3. The second-order valence-electron chi connectivity index (χ2n) is 5.82. The molecule has 1 fully saturated rings. The summed E-state index contributed by atoms with van der Waals surface area (Å²) in [6.07, 6.45) is -4.34. The van der Waals surface area contributed by atoms with Crippen LogP contribution in [0.5, 0.6) is 5.75 Å². The average molecular weight is 395 g/mol. The lowest BCUT2D eigenvalue weighted by molar-refractivity contribution is -0.274. The minimum absolute atomic E-state index is 0.0236. The van der Waals surface area contributed by atoms with Crippen LogP contribution in [-0.4, -0.2) is 29.8 Å². The van der Waals surface area contributed by atoms with Gasteiger partial charge in [0.15, 0.2) is 6.10 Å². The van der Waals surface area contributed by atoms with E-state index in [9.17, 15) is 18.0 Å². The highest BCUT2D eigenvalue weighted by molar-refractivity contribution is 6.04. The fourth-order valence-electron chi connectivity index (χ4n) is 2.69. The molecule has 1 unspecified atom stereocenters. The second-order valence-corrected chi connectivity index (χ2v) is 5.82. The first-order valence-corrected chi connectivity index (χ1v) is 8.29. The fourth-order valence-corrected chi connectivity index (χ4v) is 2.69. The molecule has 0 radical (unpaired) electrons. The Kier molecular flexibility index (Phi) is 5.39. The smallest absolute Gasteiger partial charge is 0.430 e. The van der Waals surface area contributed by atoms with Crippen molar-refractivity contribution in [3.05, 3.63) is 47.7 Å². The fraction of sp³-hybridized carbons (Fsp3) is 0.278. The molecule has 0 saturated carbocycles. The topological polar surface area (TPSA) is 93.5 Å². The lowest BCUT2D eigenvalue weighted by atomic mass is 9.98. The van der Waals surface area contributed by atoms with Gasteiger partial charge in [-0.1, -0.05) is 6.92 Å². The maximum atomic E-state index is 12.3. The van der Waals surface area contributed by atoms with E-state index in [0.717, 1.165) is 12.1 Å². The Balaban J connectivity index is 1.89. The number of rotatable bonds is 6. The number of nitrogens with one attached hydrogen (secondary N) is 2. The Morgan fingerprint density at radius 2 is 2.04 bits per heavy atom. The Morgan fingerprint density at radius 3 is 2.61 bits per heavy atom. The quantitative estimate of drug-likeness (QED) is 0.544. The first kappa shape index (κ1) is 19.5. The molecular weight excluding hydrogens is 379 g/mol. The monoisotopic (exact) mass is 395 g/mol. The van der Waals surface area contributed by atoms with E-state index in [1.807, 2.05) is 0 Å². The highest BCUT2D eigenvalue weighted by Gasteiger charge is 2.32. The van der Waals surface area contributed by atoms with Crippen LogP contribution in [0.25, 0.3) is 0 Å². The average Bonchev–Trinajstić information content (AvgIpc) is 3.07. The maximum Gasteiger partial charge on any atom is 0.573 e. The van der Waals surface area contributed by atoms with Crippen LogP contribution in [0.1, 0.15) is 30.6 Å². The summed E-state index contributed by atoms with van der Waals surface area (Å²) < 4.78 is 50.6. The summed E-state index contributed by atoms with van der Waals surface area (Å²) in [5.41, 5.74) is 1.71. The van der Waals surface area contributed by atoms with Crippen molar-refractivity contribution in [1.82, 2.24) is 4.98 Å². The van der Waals surface area contributed by atoms with Crippen LogP contribution in [0, 0.1) is 5.41 Å². The summed E-state index contributed by atoms with van der Waals surface area (Å²) in [4.78, 5) is 15.5. The summed E-state index contributed by atoms with van der Waals surface area (Å²) >= 11 is 0. The number of pyridine rings is 1. The molecule has 2 N–H and O–H groups in total. The van der Waals surface area contributed by atoms with Crippen LogP contribution in [0.3, 0.4) is 0 Å². The molecule has 7 nitrogen and oxygen atoms in total. The number of aromatic nitrogens is 1. The summed E-state index contributed by atoms with van der Waals surface area (Å²) in [5.74, 6) is -0.0342. The van der Waals surface area contributed by atoms with Gasteiger partial charge >= 0.3 is 12.5 Å². The number of benzene rings is 1. The molecule has 3 rings (SSSR count). The van der Waals surface area contributed by atoms with Crippen LogP contribution in [-0.2, 0) is 9.47 Å². The van der Waals surface area contributed by atoms with Gasteiger partial charge in [-0.2, -0.15) is 0 Å². The van der Waals surface area contributed by atoms with Gasteiger partial charge in [-0.25, -0.2) is 9.78 Å². The van der Waals surface area contributed by atoms with Crippen molar-refractivity contribution in [3.8, 4) is 5.75 Å². The first-order valence-electron chi connectivity index (χ1n) is 8.29. The number of carbonyl (C=O) groups is 1. The van der Waals surface area contributed by atoms with Gasteiger partial charge in [0.1, 0.15) is 18.2 Å². The molecule has 1 aliphatic heterocycles. The zero-order valence-corrected chi connectivity index (χ0v) is 14.7. The van der Waals surface area contributed by atoms with Crippen LogP contribution in [0.15, 0.2) is 36.5 Å². The van der Waals surface area contributed by atoms with Gasteiger partial charge in [0.05, 0.1) is 0 Å². The minimum atomic E-state index is -4.77. The Bertz CT molecular complexity index is 885. The molecule has 2 heterocycles. The zero-order valence-electron chi connectivity index (χ0n) is 14.7. The number of halogens is 3. The number of cyclic esters (lactones) is 2. The Morgan fingerprint density at radius 1 is 1.32 bits per heavy atom. The third-order valence-electron chi connectivity index (χ3n) is 3.93. The van der Waals surface area contributed by atoms with E-state index in [4.69, 9.17) is 14.9 Å². The van der Waals surface area contributed by atoms with Crippen LogP contribution in [0.4, 0.5) is 29.5 Å². The van der Waals surface area contributed by atoms with Gasteiger partial charge in [0.2, 0.25) is 0 Å². The highest BCUT2D eigenvalue weighted by Crippen LogP contribution is 2.32. The summed E-state index contributed by atoms with van der Waals surface area (Å²) in [6.45, 7) is 1.82. The molecule has 0 aliphatic carbocycles. The van der Waals surface area contributed by atoms with Crippen molar-refractivity contribution in [3.63, 3.8) is 0 Å². The number of ether oxygens (including phenoxy) is 3. The van der Waals surface area contributed by atoms with Gasteiger partial charge < -0.3 is 24.9 Å². The molecule has 1 aromatic carbocycles. The van der Waals surface area contributed by atoms with Gasteiger partial charge in [-0.15, -0.1) is 13.2 Å².